The second-order valence-electron chi connectivity index (χ2n) is 4.69. The predicted octanol–water partition coefficient (Wildman–Crippen LogP) is 1.17. The van der Waals surface area contributed by atoms with Gasteiger partial charge in [0.05, 0.1) is 0 Å². The standard InChI is InChI=1S/C14H16N4O/c1-18-8-7-16-13(14(18)19)17-12-4-2-3-10-9-15-6-5-11(10)12/h2-4,7-8,15H,5-6,9H2,1H3,(H,16,17). The number of nitrogens with zero attached hydrogens (tertiary/aromatic N) is 2. The average Bonchev–Trinajstić information content (AvgIpc) is 2.44. The third kappa shape index (κ3) is 2.24. The molecule has 0 atom stereocenters. The minimum Gasteiger partial charge on any atom is -0.335 e. The Morgan fingerprint density at radius 2 is 2.32 bits per heavy atom. The fraction of sp³-hybridized carbons (Fsp3) is 0.286. The molecule has 1 aliphatic rings. The minimum atomic E-state index is -0.117. The highest BCUT2D eigenvalue weighted by Gasteiger charge is 2.13. The third-order valence-electron chi connectivity index (χ3n) is 3.41. The monoisotopic (exact) mass is 256 g/mol. The number of hydrogen-bond donors (Lipinski definition) is 2. The van der Waals surface area contributed by atoms with E-state index in [1.165, 1.54) is 15.7 Å². The van der Waals surface area contributed by atoms with Crippen LogP contribution in [0.3, 0.4) is 0 Å². The van der Waals surface area contributed by atoms with Gasteiger partial charge in [0.15, 0.2) is 5.82 Å². The molecule has 2 aromatic rings. The summed E-state index contributed by atoms with van der Waals surface area (Å²) in [4.78, 5) is 16.1. The van der Waals surface area contributed by atoms with Crippen LogP contribution in [0.1, 0.15) is 11.1 Å². The highest BCUT2D eigenvalue weighted by molar-refractivity contribution is 5.62. The van der Waals surface area contributed by atoms with Crippen molar-refractivity contribution in [2.45, 2.75) is 13.0 Å². The SMILES string of the molecule is Cn1ccnc(Nc2cccc3c2CCNC3)c1=O. The van der Waals surface area contributed by atoms with Crippen LogP contribution in [0, 0.1) is 0 Å². The Labute approximate surface area is 111 Å². The highest BCUT2D eigenvalue weighted by Crippen LogP contribution is 2.24. The number of anilines is 2. The van der Waals surface area contributed by atoms with Gasteiger partial charge in [-0.3, -0.25) is 4.79 Å². The van der Waals surface area contributed by atoms with Crippen LogP contribution in [-0.4, -0.2) is 16.1 Å². The van der Waals surface area contributed by atoms with Crippen LogP contribution in [0.25, 0.3) is 0 Å². The molecule has 1 aromatic carbocycles. The molecule has 5 nitrogen and oxygen atoms in total. The van der Waals surface area contributed by atoms with E-state index in [0.717, 1.165) is 25.2 Å². The molecule has 0 saturated heterocycles. The van der Waals surface area contributed by atoms with Crippen molar-refractivity contribution in [3.8, 4) is 0 Å². The van der Waals surface area contributed by atoms with E-state index in [1.54, 1.807) is 19.4 Å². The second kappa shape index (κ2) is 4.85. The number of hydrogen-bond acceptors (Lipinski definition) is 4. The van der Waals surface area contributed by atoms with Crippen molar-refractivity contribution in [2.24, 2.45) is 7.05 Å². The summed E-state index contributed by atoms with van der Waals surface area (Å²) in [6, 6.07) is 6.11. The van der Waals surface area contributed by atoms with Crippen molar-refractivity contribution in [2.75, 3.05) is 11.9 Å². The molecule has 0 spiro atoms. The van der Waals surface area contributed by atoms with E-state index >= 15 is 0 Å². The van der Waals surface area contributed by atoms with Gasteiger partial charge in [-0.05, 0) is 30.2 Å². The van der Waals surface area contributed by atoms with Crippen LogP contribution in [0.5, 0.6) is 0 Å². The molecule has 5 heteroatoms. The van der Waals surface area contributed by atoms with E-state index in [1.807, 2.05) is 12.1 Å². The minimum absolute atomic E-state index is 0.117. The maximum absolute atomic E-state index is 12.0. The molecule has 3 rings (SSSR count). The van der Waals surface area contributed by atoms with Gasteiger partial charge in [-0.25, -0.2) is 4.98 Å². The van der Waals surface area contributed by atoms with Crippen molar-refractivity contribution >= 4 is 11.5 Å². The van der Waals surface area contributed by atoms with Crippen molar-refractivity contribution in [3.63, 3.8) is 0 Å². The normalized spacial score (nSPS) is 13.9. The molecule has 2 N–H and O–H groups in total. The summed E-state index contributed by atoms with van der Waals surface area (Å²) in [7, 11) is 1.72. The van der Waals surface area contributed by atoms with E-state index < -0.39 is 0 Å². The summed E-state index contributed by atoms with van der Waals surface area (Å²) < 4.78 is 1.52. The van der Waals surface area contributed by atoms with Gasteiger partial charge >= 0.3 is 0 Å². The molecule has 0 aliphatic carbocycles. The first-order valence-corrected chi connectivity index (χ1v) is 6.36. The number of nitrogens with one attached hydrogen (secondary N) is 2. The first-order valence-electron chi connectivity index (χ1n) is 6.36. The van der Waals surface area contributed by atoms with Crippen LogP contribution in [0.4, 0.5) is 11.5 Å². The van der Waals surface area contributed by atoms with Gasteiger partial charge in [-0.15, -0.1) is 0 Å². The summed E-state index contributed by atoms with van der Waals surface area (Å²) in [6.45, 7) is 1.84. The molecule has 0 fully saturated rings. The largest absolute Gasteiger partial charge is 0.335 e. The fourth-order valence-corrected chi connectivity index (χ4v) is 2.36. The van der Waals surface area contributed by atoms with E-state index in [2.05, 4.69) is 21.7 Å². The molecule has 1 aromatic heterocycles. The second-order valence-corrected chi connectivity index (χ2v) is 4.69. The zero-order valence-corrected chi connectivity index (χ0v) is 10.8. The smallest absolute Gasteiger partial charge is 0.293 e. The van der Waals surface area contributed by atoms with Gasteiger partial charge in [0.1, 0.15) is 0 Å². The first-order chi connectivity index (χ1) is 9.25. The van der Waals surface area contributed by atoms with Crippen LogP contribution >= 0.6 is 0 Å². The molecule has 19 heavy (non-hydrogen) atoms. The Morgan fingerprint density at radius 1 is 1.42 bits per heavy atom. The summed E-state index contributed by atoms with van der Waals surface area (Å²) in [5.41, 5.74) is 3.42. The third-order valence-corrected chi connectivity index (χ3v) is 3.41. The summed E-state index contributed by atoms with van der Waals surface area (Å²) >= 11 is 0. The van der Waals surface area contributed by atoms with Gasteiger partial charge in [-0.1, -0.05) is 12.1 Å². The quantitative estimate of drug-likeness (QED) is 0.847. The van der Waals surface area contributed by atoms with Crippen LogP contribution in [-0.2, 0) is 20.0 Å². The first kappa shape index (κ1) is 11.9. The lowest BCUT2D eigenvalue weighted by atomic mass is 9.99. The maximum Gasteiger partial charge on any atom is 0.293 e. The topological polar surface area (TPSA) is 59.0 Å². The van der Waals surface area contributed by atoms with E-state index in [0.29, 0.717) is 5.82 Å². The van der Waals surface area contributed by atoms with E-state index in [4.69, 9.17) is 0 Å². The van der Waals surface area contributed by atoms with E-state index in [-0.39, 0.29) is 5.56 Å². The molecule has 0 amide bonds. The van der Waals surface area contributed by atoms with Gasteiger partial charge < -0.3 is 15.2 Å². The van der Waals surface area contributed by atoms with Crippen molar-refractivity contribution < 1.29 is 0 Å². The zero-order chi connectivity index (χ0) is 13.2. The zero-order valence-electron chi connectivity index (χ0n) is 10.8. The van der Waals surface area contributed by atoms with Crippen LogP contribution in [0.2, 0.25) is 0 Å². The molecule has 0 saturated carbocycles. The lowest BCUT2D eigenvalue weighted by molar-refractivity contribution is 0.645. The molecule has 0 unspecified atom stereocenters. The van der Waals surface area contributed by atoms with Crippen LogP contribution in [0.15, 0.2) is 35.4 Å². The molecule has 0 radical (unpaired) electrons. The van der Waals surface area contributed by atoms with Crippen molar-refractivity contribution in [3.05, 3.63) is 52.1 Å². The molecular weight excluding hydrogens is 240 g/mol. The van der Waals surface area contributed by atoms with Gasteiger partial charge in [0.25, 0.3) is 5.56 Å². The number of aromatic nitrogens is 2. The molecule has 2 heterocycles. The Hall–Kier alpha value is -2.14. The Bertz CT molecular complexity index is 663. The van der Waals surface area contributed by atoms with Gasteiger partial charge in [0.2, 0.25) is 0 Å². The number of aryl methyl sites for hydroxylation is 1. The van der Waals surface area contributed by atoms with Crippen LogP contribution < -0.4 is 16.2 Å². The lowest BCUT2D eigenvalue weighted by Gasteiger charge is -2.20. The van der Waals surface area contributed by atoms with Gasteiger partial charge in [0, 0.05) is 31.7 Å². The number of benzene rings is 1. The van der Waals surface area contributed by atoms with Crippen molar-refractivity contribution in [1.82, 2.24) is 14.9 Å². The Kier molecular flexibility index (Phi) is 3.05. The Morgan fingerprint density at radius 3 is 3.21 bits per heavy atom. The highest BCUT2D eigenvalue weighted by atomic mass is 16.1. The predicted molar refractivity (Wildman–Crippen MR) is 74.6 cm³/mol. The van der Waals surface area contributed by atoms with Crippen molar-refractivity contribution in [1.29, 1.82) is 0 Å². The lowest BCUT2D eigenvalue weighted by Crippen LogP contribution is -2.25. The van der Waals surface area contributed by atoms with Gasteiger partial charge in [-0.2, -0.15) is 0 Å². The summed E-state index contributed by atoms with van der Waals surface area (Å²) in [6.07, 6.45) is 4.24. The number of rotatable bonds is 2. The van der Waals surface area contributed by atoms with E-state index in [9.17, 15) is 4.79 Å². The summed E-state index contributed by atoms with van der Waals surface area (Å²) in [5.74, 6) is 0.372. The maximum atomic E-state index is 12.0. The Balaban J connectivity index is 2.00. The molecule has 0 bridgehead atoms. The average molecular weight is 256 g/mol. The summed E-state index contributed by atoms with van der Waals surface area (Å²) in [5, 5.41) is 6.51. The fourth-order valence-electron chi connectivity index (χ4n) is 2.36. The molecule has 1 aliphatic heterocycles. The number of fused-ring (bicyclic) bond motifs is 1. The molecular formula is C14H16N4O. The molecule has 98 valence electrons.